The van der Waals surface area contributed by atoms with Crippen LogP contribution in [0.1, 0.15) is 0 Å². The minimum atomic E-state index is -4.66. The van der Waals surface area contributed by atoms with Crippen molar-refractivity contribution in [1.82, 2.24) is 6.15 Å². The molecule has 0 aliphatic heterocycles. The summed E-state index contributed by atoms with van der Waals surface area (Å²) >= 11 is 0. The molecular weight excluding hydrogens is 347 g/mol. The second-order valence-electron chi connectivity index (χ2n) is 3.85. The van der Waals surface area contributed by atoms with Crippen LogP contribution in [-0.4, -0.2) is 77.3 Å². The molecule has 0 saturated carbocycles. The molecule has 0 fully saturated rings. The van der Waals surface area contributed by atoms with Crippen molar-refractivity contribution in [1.29, 1.82) is 0 Å². The van der Waals surface area contributed by atoms with E-state index in [1.165, 1.54) is 18.2 Å². The predicted molar refractivity (Wildman–Crippen MR) is 78.8 cm³/mol. The summed E-state index contributed by atoms with van der Waals surface area (Å²) in [4.78, 5) is -1.26. The Balaban J connectivity index is 0.00000200. The van der Waals surface area contributed by atoms with Crippen molar-refractivity contribution in [3.63, 3.8) is 0 Å². The second-order valence-corrected chi connectivity index (χ2v) is 6.66. The summed E-state index contributed by atoms with van der Waals surface area (Å²) in [5, 5.41) is 0.270. The molecule has 0 amide bonds. The van der Waals surface area contributed by atoms with Crippen LogP contribution in [0.3, 0.4) is 0 Å². The monoisotopic (exact) mass is 359 g/mol. The Bertz CT molecular complexity index is 880. The predicted octanol–water partition coefficient (Wildman–Crippen LogP) is 0.697. The van der Waals surface area contributed by atoms with Gasteiger partial charge in [0.2, 0.25) is 0 Å². The fourth-order valence-corrected chi connectivity index (χ4v) is 3.03. The van der Waals surface area contributed by atoms with Gasteiger partial charge in [0, 0.05) is 62.5 Å². The summed E-state index contributed by atoms with van der Waals surface area (Å²) in [5.74, 6) is 0. The van der Waals surface area contributed by atoms with E-state index in [0.29, 0.717) is 6.07 Å². The Hall–Kier alpha value is -0.0836. The maximum absolute atomic E-state index is 11.3. The van der Waals surface area contributed by atoms with Crippen molar-refractivity contribution >= 4 is 88.1 Å². The van der Waals surface area contributed by atoms with Crippen LogP contribution in [0.15, 0.2) is 40.1 Å². The van der Waals surface area contributed by atoms with Gasteiger partial charge in [-0.25, -0.2) is 0 Å². The molecule has 0 aliphatic rings. The summed E-state index contributed by atoms with van der Waals surface area (Å²) in [7, 11) is -9.25. The van der Waals surface area contributed by atoms with E-state index in [9.17, 15) is 16.8 Å². The summed E-state index contributed by atoms with van der Waals surface area (Å²) < 4.78 is 62.8. The van der Waals surface area contributed by atoms with Crippen LogP contribution in [0, 0.1) is 0 Å². The van der Waals surface area contributed by atoms with Crippen LogP contribution in [0.4, 0.5) is 5.69 Å². The molecule has 11 heteroatoms. The molecule has 0 spiro atoms. The number of benzene rings is 2. The smallest absolute Gasteiger partial charge is 0.295 e. The molecule has 21 heavy (non-hydrogen) atoms. The average molecular weight is 359 g/mol. The summed E-state index contributed by atoms with van der Waals surface area (Å²) in [6, 6.07) is 5.86. The normalized spacial score (nSPS) is 11.5. The number of anilines is 1. The van der Waals surface area contributed by atoms with Crippen LogP contribution in [-0.2, 0) is 20.2 Å². The summed E-state index contributed by atoms with van der Waals surface area (Å²) in [6.45, 7) is 0. The number of rotatable bonds is 2. The van der Waals surface area contributed by atoms with Crippen molar-refractivity contribution in [3.8, 4) is 0 Å². The molecule has 0 unspecified atom stereocenters. The van der Waals surface area contributed by atoms with Gasteiger partial charge in [0.05, 0.1) is 4.90 Å². The Kier molecular flexibility index (Phi) is 6.97. The van der Waals surface area contributed by atoms with Gasteiger partial charge in [0.1, 0.15) is 4.90 Å². The van der Waals surface area contributed by atoms with Crippen LogP contribution in [0.2, 0.25) is 0 Å². The van der Waals surface area contributed by atoms with Crippen molar-refractivity contribution < 1.29 is 25.9 Å². The molecule has 111 valence electrons. The quantitative estimate of drug-likeness (QED) is 0.345. The molecule has 0 heterocycles. The first-order chi connectivity index (χ1) is 8.59. The average Bonchev–Trinajstić information content (AvgIpc) is 2.24. The van der Waals surface area contributed by atoms with Crippen molar-refractivity contribution in [2.24, 2.45) is 0 Å². The molecule has 0 bridgehead atoms. The largest absolute Gasteiger partial charge is 0.399 e. The first-order valence-electron chi connectivity index (χ1n) is 4.87. The maximum Gasteiger partial charge on any atom is 0.295 e. The third-order valence-corrected chi connectivity index (χ3v) is 4.21. The van der Waals surface area contributed by atoms with E-state index in [2.05, 4.69) is 0 Å². The van der Waals surface area contributed by atoms with Crippen LogP contribution in [0.25, 0.3) is 10.8 Å². The van der Waals surface area contributed by atoms with E-state index in [1.807, 2.05) is 0 Å². The molecule has 2 aromatic rings. The van der Waals surface area contributed by atoms with Gasteiger partial charge < -0.3 is 11.9 Å². The number of hydrogen-bond acceptors (Lipinski definition) is 6. The van der Waals surface area contributed by atoms with Crippen LogP contribution in [0.5, 0.6) is 0 Å². The Morgan fingerprint density at radius 3 is 1.95 bits per heavy atom. The standard InChI is InChI=1S/C10H9NO6S2.K.H3N/c11-7-2-1-6-3-8(18(12,13)14)5-10(9(6)4-7)19(15,16)17;;/h1-5H,11H2,(H,12,13,14)(H,15,16,17);;1H3. The Labute approximate surface area is 164 Å². The minimum Gasteiger partial charge on any atom is -0.399 e. The molecule has 2 rings (SSSR count). The van der Waals surface area contributed by atoms with Crippen LogP contribution < -0.4 is 11.9 Å². The molecule has 7 N–H and O–H groups in total. The first-order valence-corrected chi connectivity index (χ1v) is 7.75. The zero-order valence-corrected chi connectivity index (χ0v) is 15.8. The fourth-order valence-electron chi connectivity index (χ4n) is 1.68. The van der Waals surface area contributed by atoms with Crippen molar-refractivity contribution in [2.45, 2.75) is 9.79 Å². The topological polar surface area (TPSA) is 170 Å². The zero-order chi connectivity index (χ0) is 14.4. The SMILES string of the molecule is N.Nc1ccc2cc(S(=O)(=O)O)cc(S(=O)(=O)O)c2c1.[K]. The molecule has 8 nitrogen and oxygen atoms in total. The van der Waals surface area contributed by atoms with Gasteiger partial charge in [0.15, 0.2) is 0 Å². The molecule has 0 aliphatic carbocycles. The minimum absolute atomic E-state index is 0. The molecule has 2 aromatic carbocycles. The van der Waals surface area contributed by atoms with Gasteiger partial charge in [-0.05, 0) is 29.7 Å². The number of hydrogen-bond donors (Lipinski definition) is 4. The summed E-state index contributed by atoms with van der Waals surface area (Å²) in [5.41, 5.74) is 5.76. The van der Waals surface area contributed by atoms with Gasteiger partial charge in [-0.1, -0.05) is 6.07 Å². The first kappa shape index (κ1) is 20.9. The number of nitrogen functional groups attached to an aromatic ring is 1. The van der Waals surface area contributed by atoms with Crippen LogP contribution >= 0.6 is 0 Å². The Morgan fingerprint density at radius 1 is 0.905 bits per heavy atom. The van der Waals surface area contributed by atoms with Gasteiger partial charge in [0.25, 0.3) is 20.2 Å². The zero-order valence-electron chi connectivity index (χ0n) is 11.0. The molecule has 0 atom stereocenters. The maximum atomic E-state index is 11.3. The van der Waals surface area contributed by atoms with E-state index in [1.54, 1.807) is 0 Å². The second kappa shape index (κ2) is 7.00. The number of fused-ring (bicyclic) bond motifs is 1. The van der Waals surface area contributed by atoms with E-state index in [0.717, 1.165) is 6.07 Å². The third kappa shape index (κ3) is 4.69. The molecule has 1 radical (unpaired) electrons. The molecular formula is C10H12KN2O6S2. The molecule has 0 aromatic heterocycles. The van der Waals surface area contributed by atoms with Crippen molar-refractivity contribution in [2.75, 3.05) is 5.73 Å². The third-order valence-electron chi connectivity index (χ3n) is 2.49. The van der Waals surface area contributed by atoms with E-state index in [4.69, 9.17) is 14.8 Å². The Morgan fingerprint density at radius 2 is 1.48 bits per heavy atom. The van der Waals surface area contributed by atoms with Crippen molar-refractivity contribution in [3.05, 3.63) is 30.3 Å². The van der Waals surface area contributed by atoms with E-state index >= 15 is 0 Å². The van der Waals surface area contributed by atoms with Gasteiger partial charge >= 0.3 is 0 Å². The molecule has 0 saturated heterocycles. The fraction of sp³-hybridized carbons (Fsp3) is 0. The summed E-state index contributed by atoms with van der Waals surface area (Å²) in [6.07, 6.45) is 0. The van der Waals surface area contributed by atoms with E-state index < -0.39 is 30.0 Å². The number of nitrogens with two attached hydrogens (primary N) is 1. The van der Waals surface area contributed by atoms with E-state index in [-0.39, 0.29) is 74.0 Å². The van der Waals surface area contributed by atoms with Gasteiger partial charge in [-0.3, -0.25) is 9.11 Å². The van der Waals surface area contributed by atoms with Gasteiger partial charge in [-0.2, -0.15) is 16.8 Å². The van der Waals surface area contributed by atoms with Gasteiger partial charge in [-0.15, -0.1) is 0 Å².